The second kappa shape index (κ2) is 4.49. The zero-order valence-corrected chi connectivity index (χ0v) is 10.7. The molecule has 0 spiro atoms. The van der Waals surface area contributed by atoms with Gasteiger partial charge in [-0.2, -0.15) is 0 Å². The van der Waals surface area contributed by atoms with Crippen LogP contribution in [0, 0.1) is 11.7 Å². The van der Waals surface area contributed by atoms with Crippen LogP contribution < -0.4 is 10.6 Å². The average Bonchev–Trinajstić information content (AvgIpc) is 2.65. The van der Waals surface area contributed by atoms with Gasteiger partial charge < -0.3 is 10.6 Å². The smallest absolute Gasteiger partial charge is 0.227 e. The van der Waals surface area contributed by atoms with Gasteiger partial charge in [-0.3, -0.25) is 4.79 Å². The highest BCUT2D eigenvalue weighted by molar-refractivity contribution is 9.10. The van der Waals surface area contributed by atoms with Crippen LogP contribution in [-0.2, 0) is 4.79 Å². The number of carbonyl (C=O) groups excluding carboxylic acids is 1. The molecular formula is C12H12BrFN2O. The van der Waals surface area contributed by atoms with Crippen molar-refractivity contribution in [2.24, 2.45) is 5.92 Å². The Kier molecular flexibility index (Phi) is 3.19. The van der Waals surface area contributed by atoms with E-state index < -0.39 is 5.82 Å². The van der Waals surface area contributed by atoms with Crippen molar-refractivity contribution in [2.75, 3.05) is 17.2 Å². The normalized spacial score (nSPS) is 19.8. The standard InChI is InChI=1S/C12H12BrFN2O/c1-2-7-3-12(17)16(6-7)11-5-9(14)8(13)4-10(11)15/h2,4-5,7H,1,3,6,15H2. The number of anilines is 2. The van der Waals surface area contributed by atoms with Crippen molar-refractivity contribution in [1.29, 1.82) is 0 Å². The fraction of sp³-hybridized carbons (Fsp3) is 0.250. The molecule has 5 heteroatoms. The summed E-state index contributed by atoms with van der Waals surface area (Å²) in [6, 6.07) is 2.75. The van der Waals surface area contributed by atoms with Crippen molar-refractivity contribution in [3.8, 4) is 0 Å². The second-order valence-electron chi connectivity index (χ2n) is 4.03. The maximum absolute atomic E-state index is 13.5. The highest BCUT2D eigenvalue weighted by Crippen LogP contribution is 2.33. The lowest BCUT2D eigenvalue weighted by atomic mass is 10.1. The van der Waals surface area contributed by atoms with Gasteiger partial charge in [-0.05, 0) is 22.0 Å². The summed E-state index contributed by atoms with van der Waals surface area (Å²) < 4.78 is 13.8. The molecule has 0 radical (unpaired) electrons. The first-order valence-electron chi connectivity index (χ1n) is 5.20. The van der Waals surface area contributed by atoms with E-state index in [-0.39, 0.29) is 11.8 Å². The van der Waals surface area contributed by atoms with Crippen LogP contribution in [0.3, 0.4) is 0 Å². The first kappa shape index (κ1) is 12.1. The summed E-state index contributed by atoms with van der Waals surface area (Å²) in [6.45, 7) is 4.18. The minimum Gasteiger partial charge on any atom is -0.397 e. The lowest BCUT2D eigenvalue weighted by Gasteiger charge is -2.18. The highest BCUT2D eigenvalue weighted by atomic mass is 79.9. The van der Waals surface area contributed by atoms with Crippen molar-refractivity contribution in [2.45, 2.75) is 6.42 Å². The molecule has 1 atom stereocenters. The maximum atomic E-state index is 13.5. The zero-order chi connectivity index (χ0) is 12.6. The van der Waals surface area contributed by atoms with E-state index in [1.807, 2.05) is 0 Å². The van der Waals surface area contributed by atoms with Gasteiger partial charge in [0.05, 0.1) is 15.8 Å². The number of hydrogen-bond donors (Lipinski definition) is 1. The van der Waals surface area contributed by atoms with Crippen molar-refractivity contribution < 1.29 is 9.18 Å². The molecule has 2 N–H and O–H groups in total. The van der Waals surface area contributed by atoms with Crippen molar-refractivity contribution >= 4 is 33.2 Å². The molecule has 0 bridgehead atoms. The number of carbonyl (C=O) groups is 1. The van der Waals surface area contributed by atoms with Crippen LogP contribution in [0.15, 0.2) is 29.3 Å². The number of nitrogens with zero attached hydrogens (tertiary/aromatic N) is 1. The highest BCUT2D eigenvalue weighted by Gasteiger charge is 2.30. The van der Waals surface area contributed by atoms with Crippen LogP contribution in [0.2, 0.25) is 0 Å². The van der Waals surface area contributed by atoms with Gasteiger partial charge in [-0.1, -0.05) is 6.08 Å². The molecule has 90 valence electrons. The van der Waals surface area contributed by atoms with Gasteiger partial charge in [0.15, 0.2) is 0 Å². The molecule has 1 aliphatic heterocycles. The number of nitrogen functional groups attached to an aromatic ring is 1. The van der Waals surface area contributed by atoms with Gasteiger partial charge >= 0.3 is 0 Å². The van der Waals surface area contributed by atoms with Crippen LogP contribution in [0.1, 0.15) is 6.42 Å². The van der Waals surface area contributed by atoms with Crippen molar-refractivity contribution in [1.82, 2.24) is 0 Å². The number of hydrogen-bond acceptors (Lipinski definition) is 2. The molecule has 1 amide bonds. The third-order valence-corrected chi connectivity index (χ3v) is 3.46. The molecule has 1 aromatic rings. The third-order valence-electron chi connectivity index (χ3n) is 2.85. The number of nitrogens with two attached hydrogens (primary N) is 1. The van der Waals surface area contributed by atoms with Gasteiger partial charge in [0.25, 0.3) is 0 Å². The van der Waals surface area contributed by atoms with E-state index in [1.165, 1.54) is 17.0 Å². The lowest BCUT2D eigenvalue weighted by molar-refractivity contribution is -0.117. The maximum Gasteiger partial charge on any atom is 0.227 e. The Morgan fingerprint density at radius 1 is 1.59 bits per heavy atom. The number of amides is 1. The Hall–Kier alpha value is -1.36. The minimum absolute atomic E-state index is 0.0525. The van der Waals surface area contributed by atoms with Crippen LogP contribution in [0.5, 0.6) is 0 Å². The van der Waals surface area contributed by atoms with E-state index in [9.17, 15) is 9.18 Å². The summed E-state index contributed by atoms with van der Waals surface area (Å²) in [6.07, 6.45) is 2.14. The molecule has 1 heterocycles. The predicted octanol–water partition coefficient (Wildman–Crippen LogP) is 2.71. The summed E-state index contributed by atoms with van der Waals surface area (Å²) in [4.78, 5) is 13.3. The fourth-order valence-electron chi connectivity index (χ4n) is 1.91. The summed E-state index contributed by atoms with van der Waals surface area (Å²) in [5.74, 6) is -0.374. The van der Waals surface area contributed by atoms with Crippen LogP contribution in [0.4, 0.5) is 15.8 Å². The molecule has 1 aromatic carbocycles. The van der Waals surface area contributed by atoms with Gasteiger partial charge in [0.1, 0.15) is 5.82 Å². The van der Waals surface area contributed by atoms with Gasteiger partial charge in [-0.15, -0.1) is 6.58 Å². The molecule has 0 saturated carbocycles. The monoisotopic (exact) mass is 298 g/mol. The van der Waals surface area contributed by atoms with E-state index in [0.717, 1.165) is 0 Å². The molecule has 1 unspecified atom stereocenters. The Morgan fingerprint density at radius 2 is 2.29 bits per heavy atom. The first-order valence-corrected chi connectivity index (χ1v) is 5.99. The first-order chi connectivity index (χ1) is 8.02. The quantitative estimate of drug-likeness (QED) is 0.674. The van der Waals surface area contributed by atoms with Crippen molar-refractivity contribution in [3.63, 3.8) is 0 Å². The zero-order valence-electron chi connectivity index (χ0n) is 9.12. The van der Waals surface area contributed by atoms with Gasteiger partial charge in [0, 0.05) is 24.9 Å². The SMILES string of the molecule is C=CC1CC(=O)N(c2cc(F)c(Br)cc2N)C1. The molecule has 1 fully saturated rings. The largest absolute Gasteiger partial charge is 0.397 e. The van der Waals surface area contributed by atoms with E-state index in [2.05, 4.69) is 22.5 Å². The Balaban J connectivity index is 2.38. The van der Waals surface area contributed by atoms with Crippen LogP contribution in [-0.4, -0.2) is 12.5 Å². The average molecular weight is 299 g/mol. The Labute approximate surface area is 107 Å². The molecular weight excluding hydrogens is 287 g/mol. The number of rotatable bonds is 2. The minimum atomic E-state index is -0.427. The van der Waals surface area contributed by atoms with Crippen LogP contribution >= 0.6 is 15.9 Å². The topological polar surface area (TPSA) is 46.3 Å². The predicted molar refractivity (Wildman–Crippen MR) is 69.2 cm³/mol. The van der Waals surface area contributed by atoms with Gasteiger partial charge in [-0.25, -0.2) is 4.39 Å². The van der Waals surface area contributed by atoms with E-state index in [4.69, 9.17) is 5.73 Å². The molecule has 17 heavy (non-hydrogen) atoms. The summed E-state index contributed by atoms with van der Waals surface area (Å²) >= 11 is 3.05. The molecule has 0 aliphatic carbocycles. The molecule has 3 nitrogen and oxygen atoms in total. The summed E-state index contributed by atoms with van der Waals surface area (Å²) in [7, 11) is 0. The molecule has 1 saturated heterocycles. The van der Waals surface area contributed by atoms with E-state index in [1.54, 1.807) is 6.08 Å². The fourth-order valence-corrected chi connectivity index (χ4v) is 2.27. The Morgan fingerprint density at radius 3 is 2.88 bits per heavy atom. The van der Waals surface area contributed by atoms with E-state index >= 15 is 0 Å². The van der Waals surface area contributed by atoms with Crippen LogP contribution in [0.25, 0.3) is 0 Å². The second-order valence-corrected chi connectivity index (χ2v) is 4.88. The molecule has 0 aromatic heterocycles. The third kappa shape index (κ3) is 2.20. The number of benzene rings is 1. The Bertz CT molecular complexity index is 490. The van der Waals surface area contributed by atoms with E-state index in [0.29, 0.717) is 28.8 Å². The van der Waals surface area contributed by atoms with Crippen molar-refractivity contribution in [3.05, 3.63) is 35.1 Å². The number of halogens is 2. The summed E-state index contributed by atoms with van der Waals surface area (Å²) in [5.41, 5.74) is 6.62. The summed E-state index contributed by atoms with van der Waals surface area (Å²) in [5, 5.41) is 0. The lowest BCUT2D eigenvalue weighted by Crippen LogP contribution is -2.25. The molecule has 2 rings (SSSR count). The van der Waals surface area contributed by atoms with Gasteiger partial charge in [0.2, 0.25) is 5.91 Å². The molecule has 1 aliphatic rings.